The molecule has 2 aromatic carbocycles. The number of benzene rings is 2. The van der Waals surface area contributed by atoms with Crippen LogP contribution in [-0.2, 0) is 10.1 Å². The van der Waals surface area contributed by atoms with Gasteiger partial charge in [0.25, 0.3) is 10.1 Å². The number of nitrogens with zero attached hydrogens (tertiary/aromatic N) is 2. The lowest BCUT2D eigenvalue weighted by Crippen LogP contribution is -1.96. The maximum absolute atomic E-state index is 11.2. The average Bonchev–Trinajstić information content (AvgIpc) is 2.80. The number of H-pyrrole nitrogens is 1. The highest BCUT2D eigenvalue weighted by molar-refractivity contribution is 7.85. The summed E-state index contributed by atoms with van der Waals surface area (Å²) < 4.78 is 31.6. The van der Waals surface area contributed by atoms with Gasteiger partial charge < -0.3 is 10.1 Å². The van der Waals surface area contributed by atoms with Crippen molar-refractivity contribution < 1.29 is 18.1 Å². The molecule has 124 valence electrons. The maximum atomic E-state index is 11.2. The highest BCUT2D eigenvalue weighted by Crippen LogP contribution is 2.38. The summed E-state index contributed by atoms with van der Waals surface area (Å²) in [6.07, 6.45) is 0. The number of hydrogen-bond acceptors (Lipinski definition) is 5. The Hall–Kier alpha value is -2.13. The monoisotopic (exact) mass is 385 g/mol. The second-order valence-corrected chi connectivity index (χ2v) is 7.07. The molecular formula is C14H9Cl2N3O4S. The third kappa shape index (κ3) is 3.22. The van der Waals surface area contributed by atoms with Crippen molar-refractivity contribution in [1.82, 2.24) is 4.98 Å². The van der Waals surface area contributed by atoms with Gasteiger partial charge in [0.2, 0.25) is 5.88 Å². The van der Waals surface area contributed by atoms with Gasteiger partial charge >= 0.3 is 0 Å². The van der Waals surface area contributed by atoms with Crippen LogP contribution in [0.5, 0.6) is 5.88 Å². The molecule has 0 aliphatic rings. The zero-order valence-corrected chi connectivity index (χ0v) is 14.1. The van der Waals surface area contributed by atoms with Crippen molar-refractivity contribution >= 4 is 55.6 Å². The Morgan fingerprint density at radius 2 is 1.79 bits per heavy atom. The number of aromatic nitrogens is 1. The Morgan fingerprint density at radius 1 is 1.04 bits per heavy atom. The van der Waals surface area contributed by atoms with Gasteiger partial charge in [0.15, 0.2) is 5.69 Å². The van der Waals surface area contributed by atoms with Crippen LogP contribution >= 0.6 is 23.2 Å². The van der Waals surface area contributed by atoms with Gasteiger partial charge in [-0.15, -0.1) is 10.2 Å². The smallest absolute Gasteiger partial charge is 0.294 e. The molecule has 0 spiro atoms. The first kappa shape index (κ1) is 16.7. The lowest BCUT2D eigenvalue weighted by Gasteiger charge is -1.98. The van der Waals surface area contributed by atoms with Crippen molar-refractivity contribution in [1.29, 1.82) is 0 Å². The summed E-state index contributed by atoms with van der Waals surface area (Å²) in [4.78, 5) is 2.31. The second kappa shape index (κ2) is 6.06. The Kier molecular flexibility index (Phi) is 4.22. The van der Waals surface area contributed by atoms with E-state index >= 15 is 0 Å². The van der Waals surface area contributed by atoms with Crippen LogP contribution in [0.25, 0.3) is 10.9 Å². The summed E-state index contributed by atoms with van der Waals surface area (Å²) >= 11 is 11.8. The van der Waals surface area contributed by atoms with Crippen molar-refractivity contribution in [2.24, 2.45) is 10.2 Å². The predicted octanol–water partition coefficient (Wildman–Crippen LogP) is 4.84. The van der Waals surface area contributed by atoms with Gasteiger partial charge in [0, 0.05) is 10.4 Å². The molecule has 0 amide bonds. The molecule has 3 N–H and O–H groups in total. The molecule has 10 heteroatoms. The average molecular weight is 386 g/mol. The number of nitrogens with one attached hydrogen (secondary N) is 1. The standard InChI is InChI=1S/C14H9Cl2N3O4S/c15-7-1-3-12(10(16)5-7)18-19-13-9-6-8(24(21,22)23)2-4-11(9)17-14(13)20/h1-6,17,20H,(H,21,22,23). The van der Waals surface area contributed by atoms with Crippen LogP contribution in [0.3, 0.4) is 0 Å². The minimum atomic E-state index is -4.38. The van der Waals surface area contributed by atoms with Crippen LogP contribution in [0.15, 0.2) is 51.5 Å². The summed E-state index contributed by atoms with van der Waals surface area (Å²) in [5.41, 5.74) is 0.762. The first-order chi connectivity index (χ1) is 11.3. The molecule has 1 heterocycles. The van der Waals surface area contributed by atoms with Crippen LogP contribution < -0.4 is 0 Å². The van der Waals surface area contributed by atoms with Gasteiger partial charge in [-0.3, -0.25) is 4.55 Å². The quantitative estimate of drug-likeness (QED) is 0.441. The lowest BCUT2D eigenvalue weighted by atomic mass is 10.2. The van der Waals surface area contributed by atoms with Crippen LogP contribution in [0.4, 0.5) is 11.4 Å². The number of aromatic amines is 1. The summed E-state index contributed by atoms with van der Waals surface area (Å²) in [5.74, 6) is -0.300. The Morgan fingerprint density at radius 3 is 2.46 bits per heavy atom. The summed E-state index contributed by atoms with van der Waals surface area (Å²) in [7, 11) is -4.38. The Balaban J connectivity index is 2.11. The van der Waals surface area contributed by atoms with Crippen LogP contribution in [0.2, 0.25) is 10.0 Å². The van der Waals surface area contributed by atoms with E-state index in [-0.39, 0.29) is 26.9 Å². The van der Waals surface area contributed by atoms with Crippen molar-refractivity contribution in [2.45, 2.75) is 4.90 Å². The minimum Gasteiger partial charge on any atom is -0.493 e. The maximum Gasteiger partial charge on any atom is 0.294 e. The van der Waals surface area contributed by atoms with Crippen molar-refractivity contribution in [3.8, 4) is 5.88 Å². The topological polar surface area (TPSA) is 115 Å². The molecule has 3 aromatic rings. The zero-order chi connectivity index (χ0) is 17.5. The van der Waals surface area contributed by atoms with Crippen LogP contribution in [-0.4, -0.2) is 23.1 Å². The number of hydrogen-bond donors (Lipinski definition) is 3. The van der Waals surface area contributed by atoms with E-state index in [0.29, 0.717) is 16.2 Å². The molecular weight excluding hydrogens is 377 g/mol. The molecule has 0 saturated carbocycles. The van der Waals surface area contributed by atoms with Gasteiger partial charge in [-0.25, -0.2) is 0 Å². The van der Waals surface area contributed by atoms with E-state index in [0.717, 1.165) is 0 Å². The second-order valence-electron chi connectivity index (χ2n) is 4.80. The fourth-order valence-electron chi connectivity index (χ4n) is 2.07. The molecule has 7 nitrogen and oxygen atoms in total. The Bertz CT molecular complexity index is 1080. The minimum absolute atomic E-state index is 0.0153. The number of rotatable bonds is 3. The normalized spacial score (nSPS) is 12.3. The summed E-state index contributed by atoms with van der Waals surface area (Å²) in [5, 5.41) is 18.8. The lowest BCUT2D eigenvalue weighted by molar-refractivity contribution is 0.459. The van der Waals surface area contributed by atoms with Crippen molar-refractivity contribution in [2.75, 3.05) is 0 Å². The van der Waals surface area contributed by atoms with Gasteiger partial charge in [-0.1, -0.05) is 23.2 Å². The zero-order valence-electron chi connectivity index (χ0n) is 11.7. The van der Waals surface area contributed by atoms with Crippen molar-refractivity contribution in [3.05, 3.63) is 46.4 Å². The van der Waals surface area contributed by atoms with E-state index in [2.05, 4.69) is 15.2 Å². The van der Waals surface area contributed by atoms with E-state index in [4.69, 9.17) is 27.8 Å². The van der Waals surface area contributed by atoms with E-state index in [1.54, 1.807) is 12.1 Å². The molecule has 0 atom stereocenters. The molecule has 0 aliphatic heterocycles. The third-order valence-corrected chi connectivity index (χ3v) is 4.58. The van der Waals surface area contributed by atoms with Crippen LogP contribution in [0, 0.1) is 0 Å². The fraction of sp³-hybridized carbons (Fsp3) is 0. The van der Waals surface area contributed by atoms with Gasteiger partial charge in [0.1, 0.15) is 5.69 Å². The third-order valence-electron chi connectivity index (χ3n) is 3.19. The largest absolute Gasteiger partial charge is 0.493 e. The highest BCUT2D eigenvalue weighted by Gasteiger charge is 2.16. The van der Waals surface area contributed by atoms with Gasteiger partial charge in [-0.05, 0) is 36.4 Å². The van der Waals surface area contributed by atoms with Gasteiger partial charge in [0.05, 0.1) is 15.4 Å². The fourth-order valence-corrected chi connectivity index (χ4v) is 3.02. The van der Waals surface area contributed by atoms with Gasteiger partial charge in [-0.2, -0.15) is 8.42 Å². The van der Waals surface area contributed by atoms with E-state index in [1.807, 2.05) is 0 Å². The Labute approximate surface area is 146 Å². The molecule has 0 fully saturated rings. The number of fused-ring (bicyclic) bond motifs is 1. The summed E-state index contributed by atoms with van der Waals surface area (Å²) in [6.45, 7) is 0. The molecule has 24 heavy (non-hydrogen) atoms. The highest BCUT2D eigenvalue weighted by atomic mass is 35.5. The predicted molar refractivity (Wildman–Crippen MR) is 90.4 cm³/mol. The number of aromatic hydroxyl groups is 1. The van der Waals surface area contributed by atoms with Crippen molar-refractivity contribution in [3.63, 3.8) is 0 Å². The van der Waals surface area contributed by atoms with Crippen LogP contribution in [0.1, 0.15) is 0 Å². The van der Waals surface area contributed by atoms with E-state index < -0.39 is 10.1 Å². The van der Waals surface area contributed by atoms with E-state index in [9.17, 15) is 13.5 Å². The SMILES string of the molecule is O=S(=O)(O)c1ccc2[nH]c(O)c(N=Nc3ccc(Cl)cc3Cl)c2c1. The molecule has 0 aliphatic carbocycles. The molecule has 0 radical (unpaired) electrons. The molecule has 0 unspecified atom stereocenters. The number of halogens is 2. The number of azo groups is 1. The first-order valence-electron chi connectivity index (χ1n) is 6.44. The molecule has 0 bridgehead atoms. The molecule has 3 rings (SSSR count). The first-order valence-corrected chi connectivity index (χ1v) is 8.64. The molecule has 0 saturated heterocycles. The summed E-state index contributed by atoms with van der Waals surface area (Å²) in [6, 6.07) is 8.38. The molecule has 1 aromatic heterocycles. The van der Waals surface area contributed by atoms with E-state index in [1.165, 1.54) is 24.3 Å².